The highest BCUT2D eigenvalue weighted by molar-refractivity contribution is 5.94. The Hall–Kier alpha value is -1.82. The molecule has 6 heteroatoms. The van der Waals surface area contributed by atoms with Gasteiger partial charge in [-0.1, -0.05) is 0 Å². The summed E-state index contributed by atoms with van der Waals surface area (Å²) in [6.07, 6.45) is 3.16. The molecule has 0 spiro atoms. The summed E-state index contributed by atoms with van der Waals surface area (Å²) in [6, 6.07) is 1.51. The number of nitrogen functional groups attached to an aromatic ring is 1. The third-order valence-electron chi connectivity index (χ3n) is 3.30. The third-order valence-corrected chi connectivity index (χ3v) is 3.30. The van der Waals surface area contributed by atoms with E-state index in [4.69, 9.17) is 15.9 Å². The van der Waals surface area contributed by atoms with Crippen molar-refractivity contribution < 1.29 is 15.0 Å². The Morgan fingerprint density at radius 2 is 2.39 bits per heavy atom. The Morgan fingerprint density at radius 1 is 1.61 bits per heavy atom. The maximum Gasteiger partial charge on any atom is 0.337 e. The molecular formula is C12H17N3O3. The zero-order valence-corrected chi connectivity index (χ0v) is 10.0. The molecule has 1 aliphatic rings. The predicted octanol–water partition coefficient (Wildman–Crippen LogP) is 0.571. The molecule has 0 aliphatic carbocycles. The van der Waals surface area contributed by atoms with Crippen LogP contribution in [0.5, 0.6) is 0 Å². The molecular weight excluding hydrogens is 234 g/mol. The van der Waals surface area contributed by atoms with Crippen LogP contribution in [0.1, 0.15) is 23.2 Å². The van der Waals surface area contributed by atoms with Gasteiger partial charge in [0.05, 0.1) is 17.4 Å². The number of aromatic carboxylic acids is 1. The highest BCUT2D eigenvalue weighted by Crippen LogP contribution is 2.26. The van der Waals surface area contributed by atoms with Crippen molar-refractivity contribution >= 4 is 17.5 Å². The minimum atomic E-state index is -1.04. The van der Waals surface area contributed by atoms with E-state index in [1.165, 1.54) is 12.3 Å². The summed E-state index contributed by atoms with van der Waals surface area (Å²) in [5.74, 6) is 0.0481. The fourth-order valence-corrected chi connectivity index (χ4v) is 2.27. The number of aliphatic hydroxyl groups excluding tert-OH is 1. The molecule has 1 fully saturated rings. The lowest BCUT2D eigenvalue weighted by Gasteiger charge is -2.18. The van der Waals surface area contributed by atoms with Gasteiger partial charge in [0.15, 0.2) is 0 Å². The molecule has 0 radical (unpaired) electrons. The predicted molar refractivity (Wildman–Crippen MR) is 67.6 cm³/mol. The topological polar surface area (TPSA) is 99.7 Å². The van der Waals surface area contributed by atoms with Crippen molar-refractivity contribution in [3.63, 3.8) is 0 Å². The molecule has 18 heavy (non-hydrogen) atoms. The van der Waals surface area contributed by atoms with Crippen molar-refractivity contribution in [1.29, 1.82) is 0 Å². The number of carboxylic acids is 1. The van der Waals surface area contributed by atoms with Gasteiger partial charge in [-0.05, 0) is 24.8 Å². The van der Waals surface area contributed by atoms with Gasteiger partial charge in [-0.25, -0.2) is 9.78 Å². The van der Waals surface area contributed by atoms with E-state index in [0.29, 0.717) is 11.7 Å². The first kappa shape index (κ1) is 12.6. The van der Waals surface area contributed by atoms with E-state index >= 15 is 0 Å². The van der Waals surface area contributed by atoms with Gasteiger partial charge in [-0.3, -0.25) is 0 Å². The molecule has 1 atom stereocenters. The van der Waals surface area contributed by atoms with Gasteiger partial charge in [-0.15, -0.1) is 0 Å². The zero-order valence-electron chi connectivity index (χ0n) is 10.0. The number of nitrogens with zero attached hydrogens (tertiary/aromatic N) is 2. The summed E-state index contributed by atoms with van der Waals surface area (Å²) in [6.45, 7) is 1.82. The monoisotopic (exact) mass is 251 g/mol. The van der Waals surface area contributed by atoms with E-state index in [0.717, 1.165) is 25.9 Å². The lowest BCUT2D eigenvalue weighted by molar-refractivity contribution is 0.0698. The van der Waals surface area contributed by atoms with Crippen LogP contribution in [-0.2, 0) is 0 Å². The quantitative estimate of drug-likeness (QED) is 0.723. The first-order chi connectivity index (χ1) is 8.61. The number of carboxylic acid groups (broad SMARTS) is 1. The first-order valence-corrected chi connectivity index (χ1v) is 5.96. The second-order valence-corrected chi connectivity index (χ2v) is 4.55. The number of aromatic nitrogens is 1. The molecule has 0 saturated carbocycles. The number of nitrogens with two attached hydrogens (primary N) is 1. The van der Waals surface area contributed by atoms with Crippen LogP contribution in [-0.4, -0.2) is 40.9 Å². The van der Waals surface area contributed by atoms with Crippen LogP contribution >= 0.6 is 0 Å². The van der Waals surface area contributed by atoms with Crippen LogP contribution in [0.2, 0.25) is 0 Å². The van der Waals surface area contributed by atoms with E-state index in [1.54, 1.807) is 0 Å². The number of hydrogen-bond acceptors (Lipinski definition) is 5. The fraction of sp³-hybridized carbons (Fsp3) is 0.500. The average molecular weight is 251 g/mol. The first-order valence-electron chi connectivity index (χ1n) is 5.96. The Labute approximate surface area is 105 Å². The van der Waals surface area contributed by atoms with Crippen LogP contribution in [0.15, 0.2) is 12.3 Å². The summed E-state index contributed by atoms with van der Waals surface area (Å²) < 4.78 is 0. The molecule has 1 aromatic rings. The van der Waals surface area contributed by atoms with Crippen LogP contribution in [0.25, 0.3) is 0 Å². The minimum absolute atomic E-state index is 0.0885. The molecule has 2 heterocycles. The molecule has 0 amide bonds. The summed E-state index contributed by atoms with van der Waals surface area (Å²) in [5, 5.41) is 17.9. The van der Waals surface area contributed by atoms with E-state index < -0.39 is 5.97 Å². The second-order valence-electron chi connectivity index (χ2n) is 4.55. The number of rotatable bonds is 4. The SMILES string of the molecule is Nc1cnc(N2CCC(CCO)C2)cc1C(=O)O. The largest absolute Gasteiger partial charge is 0.478 e. The van der Waals surface area contributed by atoms with Crippen LogP contribution < -0.4 is 10.6 Å². The summed E-state index contributed by atoms with van der Waals surface area (Å²) in [4.78, 5) is 17.2. The van der Waals surface area contributed by atoms with Gasteiger partial charge in [0.1, 0.15) is 5.82 Å². The van der Waals surface area contributed by atoms with E-state index in [1.807, 2.05) is 4.90 Å². The molecule has 2 rings (SSSR count). The Morgan fingerprint density at radius 3 is 3.06 bits per heavy atom. The van der Waals surface area contributed by atoms with Gasteiger partial charge in [0, 0.05) is 19.7 Å². The molecule has 98 valence electrons. The Balaban J connectivity index is 2.15. The lowest BCUT2D eigenvalue weighted by Crippen LogP contribution is -2.21. The molecule has 0 aromatic carbocycles. The van der Waals surface area contributed by atoms with E-state index in [2.05, 4.69) is 4.98 Å². The van der Waals surface area contributed by atoms with Gasteiger partial charge in [-0.2, -0.15) is 0 Å². The summed E-state index contributed by atoms with van der Waals surface area (Å²) in [7, 11) is 0. The van der Waals surface area contributed by atoms with Crippen molar-refractivity contribution in [1.82, 2.24) is 4.98 Å². The number of aliphatic hydroxyl groups is 1. The Bertz CT molecular complexity index is 450. The van der Waals surface area contributed by atoms with Crippen LogP contribution in [0.3, 0.4) is 0 Å². The van der Waals surface area contributed by atoms with Crippen LogP contribution in [0, 0.1) is 5.92 Å². The van der Waals surface area contributed by atoms with Crippen LogP contribution in [0.4, 0.5) is 11.5 Å². The second kappa shape index (κ2) is 5.22. The fourth-order valence-electron chi connectivity index (χ4n) is 2.27. The molecule has 6 nitrogen and oxygen atoms in total. The number of hydrogen-bond donors (Lipinski definition) is 3. The summed E-state index contributed by atoms with van der Waals surface area (Å²) in [5.41, 5.74) is 5.84. The van der Waals surface area contributed by atoms with Gasteiger partial charge >= 0.3 is 5.97 Å². The average Bonchev–Trinajstić information content (AvgIpc) is 2.78. The van der Waals surface area contributed by atoms with Gasteiger partial charge in [0.25, 0.3) is 0 Å². The summed E-state index contributed by atoms with van der Waals surface area (Å²) >= 11 is 0. The van der Waals surface area contributed by atoms with Crippen molar-refractivity contribution in [3.8, 4) is 0 Å². The lowest BCUT2D eigenvalue weighted by atomic mass is 10.1. The standard InChI is InChI=1S/C12H17N3O3/c13-10-6-14-11(5-9(10)12(17)18)15-3-1-8(7-15)2-4-16/h5-6,8,16H,1-4,7,13H2,(H,17,18). The highest BCUT2D eigenvalue weighted by Gasteiger charge is 2.24. The zero-order chi connectivity index (χ0) is 13.1. The van der Waals surface area contributed by atoms with Crippen molar-refractivity contribution in [2.24, 2.45) is 5.92 Å². The highest BCUT2D eigenvalue weighted by atomic mass is 16.4. The van der Waals surface area contributed by atoms with E-state index in [9.17, 15) is 4.79 Å². The number of anilines is 2. The number of carbonyl (C=O) groups is 1. The molecule has 1 aromatic heterocycles. The number of pyridine rings is 1. The van der Waals surface area contributed by atoms with Gasteiger partial charge in [0.2, 0.25) is 0 Å². The van der Waals surface area contributed by atoms with Crippen molar-refractivity contribution in [2.75, 3.05) is 30.3 Å². The normalized spacial score (nSPS) is 19.2. The molecule has 1 aliphatic heterocycles. The minimum Gasteiger partial charge on any atom is -0.478 e. The van der Waals surface area contributed by atoms with Gasteiger partial charge < -0.3 is 20.8 Å². The molecule has 0 bridgehead atoms. The van der Waals surface area contributed by atoms with E-state index in [-0.39, 0.29) is 17.9 Å². The maximum absolute atomic E-state index is 11.0. The smallest absolute Gasteiger partial charge is 0.337 e. The molecule has 4 N–H and O–H groups in total. The van der Waals surface area contributed by atoms with Crippen molar-refractivity contribution in [3.05, 3.63) is 17.8 Å². The maximum atomic E-state index is 11.0. The Kier molecular flexibility index (Phi) is 3.66. The molecule has 1 saturated heterocycles. The third kappa shape index (κ3) is 2.53. The molecule has 1 unspecified atom stereocenters. The van der Waals surface area contributed by atoms with Crippen molar-refractivity contribution in [2.45, 2.75) is 12.8 Å².